The maximum atomic E-state index is 12.8. The number of carbonyl (C=O) groups excluding carboxylic acids is 1. The number of piperidine rings is 1. The van der Waals surface area contributed by atoms with Gasteiger partial charge >= 0.3 is 11.9 Å². The molecule has 0 unspecified atom stereocenters. The molecule has 7 heteroatoms. The first-order valence-corrected chi connectivity index (χ1v) is 11.0. The monoisotopic (exact) mass is 452 g/mol. The molecule has 2 aromatic carbocycles. The maximum absolute atomic E-state index is 12.8. The molecule has 0 radical (unpaired) electrons. The van der Waals surface area contributed by atoms with E-state index in [9.17, 15) is 4.79 Å². The van der Waals surface area contributed by atoms with E-state index in [2.05, 4.69) is 54.3 Å². The lowest BCUT2D eigenvalue weighted by atomic mass is 9.95. The zero-order valence-corrected chi connectivity index (χ0v) is 19.2. The SMILES string of the molecule is C/C(=C\c1ccccc1)CN1CCC(C(=O)N(C)Cc2ccccc2)CC1.O=C(O)C(=O)O. The third kappa shape index (κ3) is 9.29. The summed E-state index contributed by atoms with van der Waals surface area (Å²) < 4.78 is 0. The minimum atomic E-state index is -1.82. The van der Waals surface area contributed by atoms with Crippen molar-refractivity contribution < 1.29 is 24.6 Å². The Morgan fingerprint density at radius 2 is 1.45 bits per heavy atom. The van der Waals surface area contributed by atoms with Crippen molar-refractivity contribution in [2.75, 3.05) is 26.7 Å². The molecule has 1 saturated heterocycles. The van der Waals surface area contributed by atoms with Gasteiger partial charge < -0.3 is 15.1 Å². The quantitative estimate of drug-likeness (QED) is 0.650. The van der Waals surface area contributed by atoms with Crippen LogP contribution in [-0.2, 0) is 20.9 Å². The molecule has 1 fully saturated rings. The first kappa shape index (κ1) is 25.8. The minimum absolute atomic E-state index is 0.161. The number of nitrogens with zero attached hydrogens (tertiary/aromatic N) is 2. The average molecular weight is 453 g/mol. The number of aliphatic carboxylic acids is 2. The number of carboxylic acid groups (broad SMARTS) is 2. The normalized spacial score (nSPS) is 14.7. The van der Waals surface area contributed by atoms with Crippen molar-refractivity contribution in [3.05, 3.63) is 77.4 Å². The number of hydrogen-bond acceptors (Lipinski definition) is 4. The van der Waals surface area contributed by atoms with E-state index in [1.165, 1.54) is 16.7 Å². The van der Waals surface area contributed by atoms with Crippen molar-refractivity contribution >= 4 is 23.9 Å². The lowest BCUT2D eigenvalue weighted by Crippen LogP contribution is -2.41. The summed E-state index contributed by atoms with van der Waals surface area (Å²) in [5, 5.41) is 14.8. The third-order valence-corrected chi connectivity index (χ3v) is 5.44. The summed E-state index contributed by atoms with van der Waals surface area (Å²) in [7, 11) is 1.93. The summed E-state index contributed by atoms with van der Waals surface area (Å²) in [5.74, 6) is -3.20. The second kappa shape index (κ2) is 13.2. The van der Waals surface area contributed by atoms with Gasteiger partial charge in [-0.15, -0.1) is 0 Å². The summed E-state index contributed by atoms with van der Waals surface area (Å²) in [6.07, 6.45) is 4.16. The molecule has 1 amide bonds. The molecule has 0 aromatic heterocycles. The average Bonchev–Trinajstić information content (AvgIpc) is 2.80. The smallest absolute Gasteiger partial charge is 0.414 e. The van der Waals surface area contributed by atoms with Gasteiger partial charge in [0.2, 0.25) is 5.91 Å². The van der Waals surface area contributed by atoms with Crippen LogP contribution in [0.2, 0.25) is 0 Å². The van der Waals surface area contributed by atoms with Crippen molar-refractivity contribution in [1.29, 1.82) is 0 Å². The zero-order valence-electron chi connectivity index (χ0n) is 19.2. The lowest BCUT2D eigenvalue weighted by molar-refractivity contribution is -0.159. The Morgan fingerprint density at radius 3 is 1.97 bits per heavy atom. The largest absolute Gasteiger partial charge is 0.473 e. The molecule has 33 heavy (non-hydrogen) atoms. The van der Waals surface area contributed by atoms with Gasteiger partial charge in [-0.25, -0.2) is 9.59 Å². The first-order chi connectivity index (χ1) is 15.8. The molecular weight excluding hydrogens is 420 g/mol. The zero-order chi connectivity index (χ0) is 24.2. The molecule has 2 N–H and O–H groups in total. The minimum Gasteiger partial charge on any atom is -0.473 e. The molecule has 1 aliphatic heterocycles. The van der Waals surface area contributed by atoms with Gasteiger partial charge in [0.25, 0.3) is 0 Å². The Labute approximate surface area is 195 Å². The Bertz CT molecular complexity index is 924. The molecule has 0 saturated carbocycles. The van der Waals surface area contributed by atoms with Crippen LogP contribution in [0.1, 0.15) is 30.9 Å². The molecule has 7 nitrogen and oxygen atoms in total. The van der Waals surface area contributed by atoms with Crippen LogP contribution in [-0.4, -0.2) is 64.5 Å². The van der Waals surface area contributed by atoms with Crippen molar-refractivity contribution in [2.24, 2.45) is 5.92 Å². The van der Waals surface area contributed by atoms with E-state index in [4.69, 9.17) is 19.8 Å². The van der Waals surface area contributed by atoms with Crippen molar-refractivity contribution in [3.63, 3.8) is 0 Å². The molecule has 0 bridgehead atoms. The second-order valence-electron chi connectivity index (χ2n) is 8.24. The predicted octanol–water partition coefficient (Wildman–Crippen LogP) is 3.62. The van der Waals surface area contributed by atoms with E-state index in [1.807, 2.05) is 36.2 Å². The summed E-state index contributed by atoms with van der Waals surface area (Å²) in [6, 6.07) is 20.7. The molecule has 0 spiro atoms. The highest BCUT2D eigenvalue weighted by molar-refractivity contribution is 6.27. The van der Waals surface area contributed by atoms with E-state index in [0.29, 0.717) is 6.54 Å². The molecule has 1 heterocycles. The van der Waals surface area contributed by atoms with Gasteiger partial charge in [-0.2, -0.15) is 0 Å². The molecule has 0 atom stereocenters. The van der Waals surface area contributed by atoms with E-state index >= 15 is 0 Å². The number of rotatable bonds is 6. The van der Waals surface area contributed by atoms with Gasteiger partial charge in [-0.3, -0.25) is 9.69 Å². The van der Waals surface area contributed by atoms with Gasteiger partial charge in [-0.1, -0.05) is 72.3 Å². The molecule has 2 aromatic rings. The third-order valence-electron chi connectivity index (χ3n) is 5.44. The number of amides is 1. The van der Waals surface area contributed by atoms with Crippen LogP contribution >= 0.6 is 0 Å². The Hall–Kier alpha value is -3.45. The lowest BCUT2D eigenvalue weighted by Gasteiger charge is -2.33. The van der Waals surface area contributed by atoms with E-state index in [-0.39, 0.29) is 11.8 Å². The molecule has 176 valence electrons. The molecular formula is C26H32N2O5. The number of carbonyl (C=O) groups is 3. The summed E-state index contributed by atoms with van der Waals surface area (Å²) in [6.45, 7) is 5.86. The second-order valence-corrected chi connectivity index (χ2v) is 8.24. The van der Waals surface area contributed by atoms with E-state index < -0.39 is 11.9 Å². The van der Waals surface area contributed by atoms with Crippen LogP contribution in [0.4, 0.5) is 0 Å². The fourth-order valence-electron chi connectivity index (χ4n) is 3.82. The highest BCUT2D eigenvalue weighted by Gasteiger charge is 2.27. The van der Waals surface area contributed by atoms with Crippen molar-refractivity contribution in [1.82, 2.24) is 9.80 Å². The van der Waals surface area contributed by atoms with Crippen LogP contribution in [0.15, 0.2) is 66.2 Å². The number of hydrogen-bond donors (Lipinski definition) is 2. The van der Waals surface area contributed by atoms with Gasteiger partial charge in [0.1, 0.15) is 0 Å². The topological polar surface area (TPSA) is 98.2 Å². The number of benzene rings is 2. The van der Waals surface area contributed by atoms with Gasteiger partial charge in [0, 0.05) is 26.1 Å². The maximum Gasteiger partial charge on any atom is 0.414 e. The Balaban J connectivity index is 0.000000569. The Morgan fingerprint density at radius 1 is 0.939 bits per heavy atom. The molecule has 3 rings (SSSR count). The Kier molecular flexibility index (Phi) is 10.3. The highest BCUT2D eigenvalue weighted by atomic mass is 16.4. The first-order valence-electron chi connectivity index (χ1n) is 11.0. The van der Waals surface area contributed by atoms with E-state index in [0.717, 1.165) is 32.5 Å². The molecule has 0 aliphatic carbocycles. The number of likely N-dealkylation sites (tertiary alicyclic amines) is 1. The van der Waals surface area contributed by atoms with Crippen LogP contribution in [0, 0.1) is 5.92 Å². The summed E-state index contributed by atoms with van der Waals surface area (Å²) >= 11 is 0. The van der Waals surface area contributed by atoms with Gasteiger partial charge in [-0.05, 0) is 44.0 Å². The van der Waals surface area contributed by atoms with Crippen molar-refractivity contribution in [3.8, 4) is 0 Å². The predicted molar refractivity (Wildman–Crippen MR) is 127 cm³/mol. The summed E-state index contributed by atoms with van der Waals surface area (Å²) in [4.78, 5) is 35.3. The van der Waals surface area contributed by atoms with Crippen LogP contribution < -0.4 is 0 Å². The molecule has 1 aliphatic rings. The standard InChI is InChI=1S/C24H30N2O.C2H2O4/c1-20(17-21-9-5-3-6-10-21)18-26-15-13-23(14-16-26)24(27)25(2)19-22-11-7-4-8-12-22;3-1(4)2(5)6/h3-12,17,23H,13-16,18-19H2,1-2H3;(H,3,4)(H,5,6)/b20-17+;. The van der Waals surface area contributed by atoms with Crippen LogP contribution in [0.25, 0.3) is 6.08 Å². The summed E-state index contributed by atoms with van der Waals surface area (Å²) in [5.41, 5.74) is 3.81. The fraction of sp³-hybridized carbons (Fsp3) is 0.346. The fourth-order valence-corrected chi connectivity index (χ4v) is 3.82. The van der Waals surface area contributed by atoms with Crippen molar-refractivity contribution in [2.45, 2.75) is 26.3 Å². The van der Waals surface area contributed by atoms with E-state index in [1.54, 1.807) is 0 Å². The van der Waals surface area contributed by atoms with Gasteiger partial charge in [0.15, 0.2) is 0 Å². The van der Waals surface area contributed by atoms with Gasteiger partial charge in [0.05, 0.1) is 0 Å². The van der Waals surface area contributed by atoms with Crippen LogP contribution in [0.3, 0.4) is 0 Å². The van der Waals surface area contributed by atoms with Crippen LogP contribution in [0.5, 0.6) is 0 Å². The highest BCUT2D eigenvalue weighted by Crippen LogP contribution is 2.21. The number of carboxylic acids is 2.